The highest BCUT2D eigenvalue weighted by Crippen LogP contribution is 2.33. The molecule has 5 aromatic rings. The van der Waals surface area contributed by atoms with Gasteiger partial charge < -0.3 is 14.6 Å². The lowest BCUT2D eigenvalue weighted by molar-refractivity contribution is 0.241. The first-order chi connectivity index (χ1) is 18.7. The van der Waals surface area contributed by atoms with E-state index in [0.717, 1.165) is 78.8 Å². The number of nitrogens with one attached hydrogen (secondary N) is 1. The second kappa shape index (κ2) is 9.58. The number of aromatic nitrogens is 4. The van der Waals surface area contributed by atoms with Crippen LogP contribution in [-0.4, -0.2) is 44.5 Å². The third kappa shape index (κ3) is 4.39. The quantitative estimate of drug-likeness (QED) is 0.360. The molecule has 0 aliphatic carbocycles. The van der Waals surface area contributed by atoms with Crippen LogP contribution in [-0.2, 0) is 26.1 Å². The SMILES string of the molecule is Cc1nc2ccc(-c3ccc4c(c3)CN(c3ncnc5c3CCN(Cc3ccccc3)C5)CCO4)cc2[nH]1. The minimum atomic E-state index is 0.630. The molecule has 2 aromatic heterocycles. The average Bonchev–Trinajstić information content (AvgIpc) is 3.19. The van der Waals surface area contributed by atoms with Crippen LogP contribution < -0.4 is 9.64 Å². The Bertz CT molecular complexity index is 1610. The number of ether oxygens (including phenoxy) is 1. The summed E-state index contributed by atoms with van der Waals surface area (Å²) in [6.07, 6.45) is 2.68. The molecule has 190 valence electrons. The smallest absolute Gasteiger partial charge is 0.135 e. The second-order valence-electron chi connectivity index (χ2n) is 10.2. The summed E-state index contributed by atoms with van der Waals surface area (Å²) in [6, 6.07) is 23.6. The van der Waals surface area contributed by atoms with Crippen LogP contribution in [0.3, 0.4) is 0 Å². The molecule has 0 atom stereocenters. The van der Waals surface area contributed by atoms with Crippen molar-refractivity contribution in [3.05, 3.63) is 101 Å². The minimum absolute atomic E-state index is 0.630. The first kappa shape index (κ1) is 22.9. The molecule has 0 bridgehead atoms. The van der Waals surface area contributed by atoms with E-state index in [1.807, 2.05) is 6.92 Å². The minimum Gasteiger partial charge on any atom is -0.491 e. The normalized spacial score (nSPS) is 15.6. The number of aromatic amines is 1. The van der Waals surface area contributed by atoms with Gasteiger partial charge in [-0.25, -0.2) is 15.0 Å². The van der Waals surface area contributed by atoms with Gasteiger partial charge in [0, 0.05) is 37.3 Å². The molecular weight excluding hydrogens is 472 g/mol. The zero-order valence-electron chi connectivity index (χ0n) is 21.5. The maximum absolute atomic E-state index is 6.18. The Hall–Kier alpha value is -4.23. The summed E-state index contributed by atoms with van der Waals surface area (Å²) in [4.78, 5) is 22.2. The van der Waals surface area contributed by atoms with E-state index in [1.54, 1.807) is 6.33 Å². The molecule has 38 heavy (non-hydrogen) atoms. The Morgan fingerprint density at radius 1 is 0.921 bits per heavy atom. The number of imidazole rings is 1. The zero-order chi connectivity index (χ0) is 25.5. The predicted molar refractivity (Wildman–Crippen MR) is 149 cm³/mol. The van der Waals surface area contributed by atoms with Crippen LogP contribution in [0.1, 0.15) is 28.2 Å². The molecule has 7 heteroatoms. The number of aryl methyl sites for hydroxylation is 1. The van der Waals surface area contributed by atoms with Gasteiger partial charge in [-0.05, 0) is 54.3 Å². The van der Waals surface area contributed by atoms with Crippen LogP contribution in [0.25, 0.3) is 22.2 Å². The van der Waals surface area contributed by atoms with Gasteiger partial charge in [0.1, 0.15) is 30.3 Å². The first-order valence-corrected chi connectivity index (χ1v) is 13.3. The Balaban J connectivity index is 1.15. The van der Waals surface area contributed by atoms with Crippen LogP contribution in [0.2, 0.25) is 0 Å². The molecule has 4 heterocycles. The van der Waals surface area contributed by atoms with Gasteiger partial charge >= 0.3 is 0 Å². The lowest BCUT2D eigenvalue weighted by Crippen LogP contribution is -2.34. The lowest BCUT2D eigenvalue weighted by atomic mass is 10.0. The molecule has 0 unspecified atom stereocenters. The van der Waals surface area contributed by atoms with Crippen molar-refractivity contribution in [1.82, 2.24) is 24.8 Å². The number of fused-ring (bicyclic) bond motifs is 3. The number of hydrogen-bond donors (Lipinski definition) is 1. The van der Waals surface area contributed by atoms with E-state index in [0.29, 0.717) is 6.61 Å². The number of H-pyrrole nitrogens is 1. The molecule has 2 aliphatic rings. The van der Waals surface area contributed by atoms with Gasteiger partial charge in [-0.3, -0.25) is 4.90 Å². The molecule has 7 rings (SSSR count). The molecule has 2 aliphatic heterocycles. The van der Waals surface area contributed by atoms with E-state index in [2.05, 4.69) is 86.5 Å². The highest BCUT2D eigenvalue weighted by Gasteiger charge is 2.25. The number of nitrogens with zero attached hydrogens (tertiary/aromatic N) is 5. The van der Waals surface area contributed by atoms with Crippen molar-refractivity contribution in [2.45, 2.75) is 33.0 Å². The zero-order valence-corrected chi connectivity index (χ0v) is 21.5. The molecule has 0 spiro atoms. The van der Waals surface area contributed by atoms with Gasteiger partial charge in [-0.15, -0.1) is 0 Å². The lowest BCUT2D eigenvalue weighted by Gasteiger charge is -2.31. The van der Waals surface area contributed by atoms with Crippen molar-refractivity contribution in [2.75, 3.05) is 24.6 Å². The third-order valence-electron chi connectivity index (χ3n) is 7.59. The molecular formula is C31H30N6O. The maximum atomic E-state index is 6.18. The van der Waals surface area contributed by atoms with E-state index >= 15 is 0 Å². The Labute approximate surface area is 222 Å². The van der Waals surface area contributed by atoms with Crippen molar-refractivity contribution in [2.24, 2.45) is 0 Å². The molecule has 0 radical (unpaired) electrons. The van der Waals surface area contributed by atoms with Gasteiger partial charge in [-0.2, -0.15) is 0 Å². The number of anilines is 1. The second-order valence-corrected chi connectivity index (χ2v) is 10.2. The summed E-state index contributed by atoms with van der Waals surface area (Å²) in [5.41, 5.74) is 9.31. The summed E-state index contributed by atoms with van der Waals surface area (Å²) < 4.78 is 6.18. The van der Waals surface area contributed by atoms with Gasteiger partial charge in [0.15, 0.2) is 0 Å². The molecule has 0 saturated carbocycles. The molecule has 0 fully saturated rings. The molecule has 0 amide bonds. The standard InChI is InChI=1S/C31H30N6O/c1-21-34-27-9-7-24(16-28(27)35-21)23-8-10-30-25(15-23)18-37(13-14-38-30)31-26-11-12-36(19-29(26)32-20-33-31)17-22-5-3-2-4-6-22/h2-10,15-16,20H,11-14,17-19H2,1H3,(H,34,35). The van der Waals surface area contributed by atoms with Crippen LogP contribution in [0.15, 0.2) is 73.1 Å². The number of hydrogen-bond acceptors (Lipinski definition) is 6. The van der Waals surface area contributed by atoms with Gasteiger partial charge in [0.25, 0.3) is 0 Å². The third-order valence-corrected chi connectivity index (χ3v) is 7.59. The van der Waals surface area contributed by atoms with Crippen molar-refractivity contribution >= 4 is 16.9 Å². The Morgan fingerprint density at radius 3 is 2.71 bits per heavy atom. The van der Waals surface area contributed by atoms with Gasteiger partial charge in [-0.1, -0.05) is 42.5 Å². The van der Waals surface area contributed by atoms with Crippen LogP contribution in [0.5, 0.6) is 5.75 Å². The number of rotatable bonds is 4. The predicted octanol–water partition coefficient (Wildman–Crippen LogP) is 5.29. The van der Waals surface area contributed by atoms with E-state index in [9.17, 15) is 0 Å². The van der Waals surface area contributed by atoms with Gasteiger partial charge in [0.05, 0.1) is 23.3 Å². The summed E-state index contributed by atoms with van der Waals surface area (Å²) in [5, 5.41) is 0. The molecule has 1 N–H and O–H groups in total. The topological polar surface area (TPSA) is 70.2 Å². The fourth-order valence-electron chi connectivity index (χ4n) is 5.71. The molecule has 7 nitrogen and oxygen atoms in total. The van der Waals surface area contributed by atoms with Crippen molar-refractivity contribution < 1.29 is 4.74 Å². The summed E-state index contributed by atoms with van der Waals surface area (Å²) in [5.74, 6) is 2.93. The van der Waals surface area contributed by atoms with E-state index in [1.165, 1.54) is 22.3 Å². The maximum Gasteiger partial charge on any atom is 0.135 e. The fourth-order valence-corrected chi connectivity index (χ4v) is 5.71. The summed E-state index contributed by atoms with van der Waals surface area (Å²) >= 11 is 0. The largest absolute Gasteiger partial charge is 0.491 e. The molecule has 3 aromatic carbocycles. The summed E-state index contributed by atoms with van der Waals surface area (Å²) in [6.45, 7) is 6.96. The number of benzene rings is 3. The van der Waals surface area contributed by atoms with Crippen molar-refractivity contribution in [1.29, 1.82) is 0 Å². The van der Waals surface area contributed by atoms with E-state index < -0.39 is 0 Å². The summed E-state index contributed by atoms with van der Waals surface area (Å²) in [7, 11) is 0. The average molecular weight is 503 g/mol. The Kier molecular flexibility index (Phi) is 5.78. The van der Waals surface area contributed by atoms with Crippen LogP contribution in [0, 0.1) is 6.92 Å². The van der Waals surface area contributed by atoms with E-state index in [4.69, 9.17) is 14.7 Å². The van der Waals surface area contributed by atoms with Crippen molar-refractivity contribution in [3.63, 3.8) is 0 Å². The van der Waals surface area contributed by atoms with Crippen molar-refractivity contribution in [3.8, 4) is 16.9 Å². The fraction of sp³-hybridized carbons (Fsp3) is 0.258. The highest BCUT2D eigenvalue weighted by molar-refractivity contribution is 5.82. The monoisotopic (exact) mass is 502 g/mol. The highest BCUT2D eigenvalue weighted by atomic mass is 16.5. The first-order valence-electron chi connectivity index (χ1n) is 13.3. The molecule has 0 saturated heterocycles. The Morgan fingerprint density at radius 2 is 1.79 bits per heavy atom. The van der Waals surface area contributed by atoms with Crippen LogP contribution in [0.4, 0.5) is 5.82 Å². The van der Waals surface area contributed by atoms with E-state index in [-0.39, 0.29) is 0 Å². The van der Waals surface area contributed by atoms with Crippen LogP contribution >= 0.6 is 0 Å². The van der Waals surface area contributed by atoms with Gasteiger partial charge in [0.2, 0.25) is 0 Å².